The van der Waals surface area contributed by atoms with E-state index in [1.807, 2.05) is 0 Å². The summed E-state index contributed by atoms with van der Waals surface area (Å²) in [6, 6.07) is -0.515. The van der Waals surface area contributed by atoms with Crippen LogP contribution in [0.5, 0.6) is 0 Å². The molecule has 1 saturated heterocycles. The molecule has 1 heterocycles. The molecule has 0 aromatic rings. The van der Waals surface area contributed by atoms with Gasteiger partial charge in [0.15, 0.2) is 0 Å². The number of unbranched alkanes of at least 4 members (excludes halogenated alkanes) is 1. The molecule has 1 rings (SSSR count). The Morgan fingerprint density at radius 1 is 1.30 bits per heavy atom. The second-order valence-electron chi connectivity index (χ2n) is 4.30. The van der Waals surface area contributed by atoms with Gasteiger partial charge in [0.05, 0.1) is 6.54 Å². The molecule has 110 valence electrons. The van der Waals surface area contributed by atoms with Gasteiger partial charge in [-0.2, -0.15) is 0 Å². The lowest BCUT2D eigenvalue weighted by molar-refractivity contribution is -0.133. The van der Waals surface area contributed by atoms with Gasteiger partial charge in [0.25, 0.3) is 0 Å². The molecule has 0 spiro atoms. The minimum atomic E-state index is -1.18. The van der Waals surface area contributed by atoms with Crippen LogP contribution in [0.4, 0.5) is 0 Å². The van der Waals surface area contributed by atoms with Gasteiger partial charge in [0.2, 0.25) is 17.7 Å². The van der Waals surface area contributed by atoms with Crippen molar-refractivity contribution >= 4 is 23.7 Å². The van der Waals surface area contributed by atoms with Crippen molar-refractivity contribution in [2.45, 2.75) is 25.3 Å². The van der Waals surface area contributed by atoms with Gasteiger partial charge in [0, 0.05) is 18.7 Å². The summed E-state index contributed by atoms with van der Waals surface area (Å²) in [5.41, 5.74) is 0. The highest BCUT2D eigenvalue weighted by atomic mass is 16.4. The summed E-state index contributed by atoms with van der Waals surface area (Å²) < 4.78 is 0. The van der Waals surface area contributed by atoms with Gasteiger partial charge in [0.1, 0.15) is 6.04 Å². The first kappa shape index (κ1) is 15.7. The minimum absolute atomic E-state index is 0.0152. The Balaban J connectivity index is 2.12. The highest BCUT2D eigenvalue weighted by molar-refractivity contribution is 5.94. The largest absolute Gasteiger partial charge is 0.478 e. The smallest absolute Gasteiger partial charge is 0.328 e. The molecule has 0 radical (unpaired) electrons. The average Bonchev–Trinajstić information content (AvgIpc) is 2.39. The maximum absolute atomic E-state index is 11.4. The first-order chi connectivity index (χ1) is 9.49. The van der Waals surface area contributed by atoms with Gasteiger partial charge in [-0.1, -0.05) is 0 Å². The first-order valence-electron chi connectivity index (χ1n) is 6.25. The summed E-state index contributed by atoms with van der Waals surface area (Å²) in [6.07, 6.45) is 3.49. The quantitative estimate of drug-likeness (QED) is 0.335. The van der Waals surface area contributed by atoms with Crippen molar-refractivity contribution in [3.05, 3.63) is 12.2 Å². The molecule has 0 saturated carbocycles. The zero-order valence-corrected chi connectivity index (χ0v) is 10.8. The third-order valence-corrected chi connectivity index (χ3v) is 2.67. The molecule has 4 N–H and O–H groups in total. The molecule has 1 unspecified atom stereocenters. The number of carbonyl (C=O) groups is 4. The summed E-state index contributed by atoms with van der Waals surface area (Å²) >= 11 is 0. The van der Waals surface area contributed by atoms with E-state index in [0.717, 1.165) is 12.2 Å². The Morgan fingerprint density at radius 2 is 2.05 bits per heavy atom. The van der Waals surface area contributed by atoms with Crippen LogP contribution in [0, 0.1) is 0 Å². The number of amides is 3. The van der Waals surface area contributed by atoms with Crippen molar-refractivity contribution in [2.24, 2.45) is 0 Å². The maximum atomic E-state index is 11.4. The van der Waals surface area contributed by atoms with Crippen LogP contribution in [-0.4, -0.2) is 47.9 Å². The van der Waals surface area contributed by atoms with E-state index in [4.69, 9.17) is 5.11 Å². The van der Waals surface area contributed by atoms with E-state index in [0.29, 0.717) is 25.8 Å². The van der Waals surface area contributed by atoms with E-state index in [1.54, 1.807) is 0 Å². The summed E-state index contributed by atoms with van der Waals surface area (Å²) in [7, 11) is 0. The molecule has 1 atom stereocenters. The first-order valence-corrected chi connectivity index (χ1v) is 6.25. The number of aliphatic carboxylic acids is 1. The predicted molar refractivity (Wildman–Crippen MR) is 68.6 cm³/mol. The van der Waals surface area contributed by atoms with Crippen molar-refractivity contribution < 1.29 is 24.3 Å². The molecule has 0 aliphatic carbocycles. The summed E-state index contributed by atoms with van der Waals surface area (Å²) in [4.78, 5) is 43.8. The fourth-order valence-electron chi connectivity index (χ4n) is 1.70. The van der Waals surface area contributed by atoms with Crippen LogP contribution in [0.15, 0.2) is 12.2 Å². The lowest BCUT2D eigenvalue weighted by atomic mass is 10.1. The topological polar surface area (TPSA) is 125 Å². The molecule has 1 aliphatic rings. The van der Waals surface area contributed by atoms with E-state index < -0.39 is 17.9 Å². The molecule has 0 bridgehead atoms. The Labute approximate surface area is 115 Å². The lowest BCUT2D eigenvalue weighted by Gasteiger charge is -2.22. The van der Waals surface area contributed by atoms with E-state index in [1.165, 1.54) is 0 Å². The molecular weight excluding hydrogens is 266 g/mol. The number of carboxylic acids is 1. The van der Waals surface area contributed by atoms with Crippen LogP contribution in [0.25, 0.3) is 0 Å². The molecular formula is C12H17N3O5. The second-order valence-corrected chi connectivity index (χ2v) is 4.30. The lowest BCUT2D eigenvalue weighted by Crippen LogP contribution is -2.56. The minimum Gasteiger partial charge on any atom is -0.478 e. The van der Waals surface area contributed by atoms with Gasteiger partial charge in [-0.25, -0.2) is 4.79 Å². The van der Waals surface area contributed by atoms with Crippen LogP contribution in [0.3, 0.4) is 0 Å². The molecule has 3 amide bonds. The Hall–Kier alpha value is -2.38. The van der Waals surface area contributed by atoms with Crippen molar-refractivity contribution in [2.75, 3.05) is 13.1 Å². The summed E-state index contributed by atoms with van der Waals surface area (Å²) in [5, 5.41) is 15.9. The Morgan fingerprint density at radius 3 is 2.75 bits per heavy atom. The zero-order valence-electron chi connectivity index (χ0n) is 10.8. The number of nitrogens with one attached hydrogen (secondary N) is 3. The number of piperazine rings is 1. The van der Waals surface area contributed by atoms with Crippen molar-refractivity contribution in [3.8, 4) is 0 Å². The number of hydrogen-bond donors (Lipinski definition) is 4. The second kappa shape index (κ2) is 7.93. The molecule has 20 heavy (non-hydrogen) atoms. The highest BCUT2D eigenvalue weighted by Gasteiger charge is 2.24. The molecule has 0 aromatic heterocycles. The van der Waals surface area contributed by atoms with Crippen LogP contribution in [0.1, 0.15) is 19.3 Å². The fourth-order valence-corrected chi connectivity index (χ4v) is 1.70. The zero-order chi connectivity index (χ0) is 15.0. The molecule has 1 fully saturated rings. The summed E-state index contributed by atoms with van der Waals surface area (Å²) in [6.45, 7) is 0.395. The van der Waals surface area contributed by atoms with Crippen molar-refractivity contribution in [1.29, 1.82) is 0 Å². The number of carbonyl (C=O) groups excluding carboxylic acids is 3. The summed E-state index contributed by atoms with van der Waals surface area (Å²) in [5.74, 6) is -2.06. The number of hydrogen-bond acceptors (Lipinski definition) is 4. The van der Waals surface area contributed by atoms with Crippen molar-refractivity contribution in [1.82, 2.24) is 16.0 Å². The van der Waals surface area contributed by atoms with Gasteiger partial charge >= 0.3 is 5.97 Å². The van der Waals surface area contributed by atoms with Crippen LogP contribution < -0.4 is 16.0 Å². The van der Waals surface area contributed by atoms with E-state index in [2.05, 4.69) is 16.0 Å². The molecule has 1 aliphatic heterocycles. The number of carboxylic acid groups (broad SMARTS) is 1. The Bertz CT molecular complexity index is 433. The van der Waals surface area contributed by atoms with E-state index in [9.17, 15) is 19.2 Å². The monoisotopic (exact) mass is 283 g/mol. The van der Waals surface area contributed by atoms with Gasteiger partial charge in [-0.05, 0) is 19.3 Å². The third-order valence-electron chi connectivity index (χ3n) is 2.67. The standard InChI is InChI=1S/C12H17N3O5/c16-9(4-5-11(18)19)13-6-2-1-3-8-12(20)14-7-10(17)15-8/h4-5,8H,1-3,6-7H2,(H,13,16)(H,14,20)(H,15,17)(H,18,19). The van der Waals surface area contributed by atoms with Gasteiger partial charge in [-0.3, -0.25) is 14.4 Å². The van der Waals surface area contributed by atoms with E-state index in [-0.39, 0.29) is 18.4 Å². The van der Waals surface area contributed by atoms with Gasteiger partial charge < -0.3 is 21.1 Å². The molecule has 8 nitrogen and oxygen atoms in total. The average molecular weight is 283 g/mol. The van der Waals surface area contributed by atoms with Crippen LogP contribution in [-0.2, 0) is 19.2 Å². The fraction of sp³-hybridized carbons (Fsp3) is 0.500. The van der Waals surface area contributed by atoms with Crippen LogP contribution >= 0.6 is 0 Å². The SMILES string of the molecule is O=C(O)C=CC(=O)NCCCCC1NC(=O)CNC1=O. The highest BCUT2D eigenvalue weighted by Crippen LogP contribution is 2.03. The molecule has 0 aromatic carbocycles. The van der Waals surface area contributed by atoms with E-state index >= 15 is 0 Å². The normalized spacial score (nSPS) is 18.5. The van der Waals surface area contributed by atoms with Gasteiger partial charge in [-0.15, -0.1) is 0 Å². The Kier molecular flexibility index (Phi) is 6.21. The maximum Gasteiger partial charge on any atom is 0.328 e. The number of rotatable bonds is 7. The third kappa shape index (κ3) is 5.98. The van der Waals surface area contributed by atoms with Crippen LogP contribution in [0.2, 0.25) is 0 Å². The predicted octanol–water partition coefficient (Wildman–Crippen LogP) is -1.47. The van der Waals surface area contributed by atoms with Crippen molar-refractivity contribution in [3.63, 3.8) is 0 Å². The molecule has 8 heteroatoms.